The van der Waals surface area contributed by atoms with Crippen LogP contribution in [0.1, 0.15) is 11.1 Å². The third-order valence-electron chi connectivity index (χ3n) is 5.56. The molecule has 1 N–H and O–H groups in total. The van der Waals surface area contributed by atoms with Gasteiger partial charge < -0.3 is 0 Å². The first-order valence-corrected chi connectivity index (χ1v) is 11.5. The number of rotatable bonds is 3. The molecule has 1 aliphatic heterocycles. The van der Waals surface area contributed by atoms with E-state index in [1.165, 1.54) is 22.6 Å². The van der Waals surface area contributed by atoms with Crippen LogP contribution in [0, 0.1) is 18.6 Å². The monoisotopic (exact) mass is 468 g/mol. The molecule has 0 saturated heterocycles. The summed E-state index contributed by atoms with van der Waals surface area (Å²) in [4.78, 5) is 17.6. The van der Waals surface area contributed by atoms with Crippen LogP contribution in [-0.2, 0) is 16.4 Å². The topological polar surface area (TPSA) is 88.1 Å². The third-order valence-corrected chi connectivity index (χ3v) is 7.36. The first-order valence-electron chi connectivity index (χ1n) is 10.1. The Hall–Kier alpha value is -3.79. The van der Waals surface area contributed by atoms with Gasteiger partial charge in [-0.05, 0) is 49.7 Å². The van der Waals surface area contributed by atoms with Gasteiger partial charge in [-0.25, -0.2) is 31.2 Å². The molecular weight excluding hydrogens is 450 g/mol. The number of benzene rings is 2. The highest BCUT2D eigenvalue weighted by atomic mass is 32.2. The summed E-state index contributed by atoms with van der Waals surface area (Å²) in [5.74, 6) is -1.48. The Balaban J connectivity index is 1.67. The van der Waals surface area contributed by atoms with E-state index in [-0.39, 0.29) is 29.4 Å². The summed E-state index contributed by atoms with van der Waals surface area (Å²) in [6, 6.07) is 12.6. The van der Waals surface area contributed by atoms with E-state index in [9.17, 15) is 22.0 Å². The molecule has 0 aliphatic carbocycles. The maximum Gasteiger partial charge on any atom is 0.275 e. The van der Waals surface area contributed by atoms with Crippen molar-refractivity contribution in [1.82, 2.24) is 14.8 Å². The summed E-state index contributed by atoms with van der Waals surface area (Å²) in [6.07, 6.45) is 1.55. The van der Waals surface area contributed by atoms with Gasteiger partial charge in [-0.3, -0.25) is 9.89 Å². The lowest BCUT2D eigenvalue weighted by atomic mass is 10.1. The van der Waals surface area contributed by atoms with Gasteiger partial charge in [0.15, 0.2) is 5.82 Å². The van der Waals surface area contributed by atoms with Gasteiger partial charge in [0.2, 0.25) is 0 Å². The highest BCUT2D eigenvalue weighted by Crippen LogP contribution is 2.35. The van der Waals surface area contributed by atoms with Crippen LogP contribution in [0.5, 0.6) is 0 Å². The lowest BCUT2D eigenvalue weighted by Gasteiger charge is -2.23. The predicted octanol–water partition coefficient (Wildman–Crippen LogP) is 3.57. The molecule has 33 heavy (non-hydrogen) atoms. The molecule has 0 amide bonds. The molecule has 0 spiro atoms. The number of sulfonamides is 1. The van der Waals surface area contributed by atoms with Crippen molar-refractivity contribution >= 4 is 15.8 Å². The zero-order chi connectivity index (χ0) is 23.3. The summed E-state index contributed by atoms with van der Waals surface area (Å²) in [5, 5.41) is 2.90. The van der Waals surface area contributed by atoms with Crippen LogP contribution in [0.3, 0.4) is 0 Å². The number of hydrogen-bond donors (Lipinski definition) is 1. The minimum Gasteiger partial charge on any atom is -0.290 e. The number of nitrogens with one attached hydrogen (secondary N) is 1. The zero-order valence-electron chi connectivity index (χ0n) is 17.4. The summed E-state index contributed by atoms with van der Waals surface area (Å²) < 4.78 is 56.6. The van der Waals surface area contributed by atoms with Crippen molar-refractivity contribution in [1.29, 1.82) is 0 Å². The molecule has 0 saturated carbocycles. The van der Waals surface area contributed by atoms with Crippen LogP contribution in [0.2, 0.25) is 0 Å². The van der Waals surface area contributed by atoms with Crippen molar-refractivity contribution in [2.75, 3.05) is 10.8 Å². The number of aromatic amines is 1. The molecule has 0 atom stereocenters. The van der Waals surface area contributed by atoms with Crippen molar-refractivity contribution in [2.45, 2.75) is 18.2 Å². The van der Waals surface area contributed by atoms with Gasteiger partial charge >= 0.3 is 0 Å². The summed E-state index contributed by atoms with van der Waals surface area (Å²) in [5.41, 5.74) is 1.46. The Morgan fingerprint density at radius 2 is 1.73 bits per heavy atom. The number of hydrogen-bond acceptors (Lipinski definition) is 4. The van der Waals surface area contributed by atoms with Crippen LogP contribution in [0.4, 0.5) is 14.6 Å². The zero-order valence-corrected chi connectivity index (χ0v) is 18.2. The van der Waals surface area contributed by atoms with E-state index in [0.717, 1.165) is 28.4 Å². The molecular formula is C23H18F2N4O3S. The Morgan fingerprint density at radius 3 is 2.42 bits per heavy atom. The smallest absolute Gasteiger partial charge is 0.275 e. The lowest BCUT2D eigenvalue weighted by Crippen LogP contribution is -2.34. The number of aryl methyl sites for hydroxylation is 1. The van der Waals surface area contributed by atoms with E-state index in [1.54, 1.807) is 24.3 Å². The number of pyridine rings is 1. The van der Waals surface area contributed by atoms with Crippen molar-refractivity contribution in [3.8, 4) is 16.9 Å². The molecule has 1 aliphatic rings. The van der Waals surface area contributed by atoms with E-state index in [0.29, 0.717) is 16.8 Å². The highest BCUT2D eigenvalue weighted by molar-refractivity contribution is 7.92. The average molecular weight is 468 g/mol. The molecule has 0 bridgehead atoms. The van der Waals surface area contributed by atoms with Crippen LogP contribution in [0.15, 0.2) is 70.5 Å². The standard InChI is InChI=1S/C23H18F2N4O3S/c1-14-4-6-18(7-5-14)33(31,32)28-10-8-20-21(19-3-2-9-26-22(19)28)27-29(23(20)30)17-12-15(24)11-16(25)13-17/h2-7,9,11-13,27H,8,10H2,1H3. The number of H-pyrrole nitrogens is 1. The number of halogens is 2. The molecule has 2 aromatic heterocycles. The Labute approximate surface area is 188 Å². The number of fused-ring (bicyclic) bond motifs is 3. The van der Waals surface area contributed by atoms with Crippen LogP contribution >= 0.6 is 0 Å². The Bertz CT molecular complexity index is 1520. The first-order chi connectivity index (χ1) is 15.8. The summed E-state index contributed by atoms with van der Waals surface area (Å²) in [6.45, 7) is 1.83. The second-order valence-electron chi connectivity index (χ2n) is 7.75. The Kier molecular flexibility index (Phi) is 4.89. The van der Waals surface area contributed by atoms with Gasteiger partial charge in [0.25, 0.3) is 15.6 Å². The average Bonchev–Trinajstić information content (AvgIpc) is 3.00. The first kappa shape index (κ1) is 21.1. The van der Waals surface area contributed by atoms with Crippen molar-refractivity contribution in [3.05, 3.63) is 93.9 Å². The van der Waals surface area contributed by atoms with Gasteiger partial charge in [-0.2, -0.15) is 0 Å². The summed E-state index contributed by atoms with van der Waals surface area (Å²) >= 11 is 0. The molecule has 0 radical (unpaired) electrons. The number of nitrogens with zero attached hydrogens (tertiary/aromatic N) is 3. The van der Waals surface area contributed by atoms with Gasteiger partial charge in [0.05, 0.1) is 16.3 Å². The maximum atomic E-state index is 13.7. The number of anilines is 1. The third kappa shape index (κ3) is 3.52. The van der Waals surface area contributed by atoms with Gasteiger partial charge in [0.1, 0.15) is 11.6 Å². The normalized spacial score (nSPS) is 13.4. The van der Waals surface area contributed by atoms with Crippen LogP contribution < -0.4 is 9.86 Å². The fraction of sp³-hybridized carbons (Fsp3) is 0.130. The van der Waals surface area contributed by atoms with Gasteiger partial charge in [0, 0.05) is 29.9 Å². The second-order valence-corrected chi connectivity index (χ2v) is 9.61. The molecule has 0 fully saturated rings. The van der Waals surface area contributed by atoms with Crippen LogP contribution in [0.25, 0.3) is 16.9 Å². The second kappa shape index (κ2) is 7.66. The van der Waals surface area contributed by atoms with E-state index in [1.807, 2.05) is 6.92 Å². The van der Waals surface area contributed by atoms with Crippen molar-refractivity contribution in [3.63, 3.8) is 0 Å². The van der Waals surface area contributed by atoms with E-state index < -0.39 is 27.2 Å². The molecule has 4 aromatic rings. The van der Waals surface area contributed by atoms with Crippen LogP contribution in [-0.4, -0.2) is 29.7 Å². The maximum absolute atomic E-state index is 13.7. The fourth-order valence-corrected chi connectivity index (χ4v) is 5.40. The fourth-order valence-electron chi connectivity index (χ4n) is 3.96. The van der Waals surface area contributed by atoms with Gasteiger partial charge in [-0.15, -0.1) is 0 Å². The predicted molar refractivity (Wildman–Crippen MR) is 119 cm³/mol. The van der Waals surface area contributed by atoms with Crippen molar-refractivity contribution in [2.24, 2.45) is 0 Å². The van der Waals surface area contributed by atoms with E-state index in [4.69, 9.17) is 0 Å². The minimum absolute atomic E-state index is 0.000136. The lowest BCUT2D eigenvalue weighted by molar-refractivity contribution is 0.579. The molecule has 7 nitrogen and oxygen atoms in total. The quantitative estimate of drug-likeness (QED) is 0.498. The largest absolute Gasteiger partial charge is 0.290 e. The Morgan fingerprint density at radius 1 is 1.03 bits per heavy atom. The highest BCUT2D eigenvalue weighted by Gasteiger charge is 2.33. The minimum atomic E-state index is -3.95. The molecule has 10 heteroatoms. The molecule has 2 aromatic carbocycles. The van der Waals surface area contributed by atoms with E-state index >= 15 is 0 Å². The summed E-state index contributed by atoms with van der Waals surface area (Å²) in [7, 11) is -3.95. The van der Waals surface area contributed by atoms with Crippen molar-refractivity contribution < 1.29 is 17.2 Å². The SMILES string of the molecule is Cc1ccc(S(=O)(=O)N2CCc3c([nH]n(-c4cc(F)cc(F)c4)c3=O)-c3cccnc32)cc1. The molecule has 5 rings (SSSR count). The van der Waals surface area contributed by atoms with E-state index in [2.05, 4.69) is 10.1 Å². The van der Waals surface area contributed by atoms with Gasteiger partial charge in [-0.1, -0.05) is 17.7 Å². The molecule has 3 heterocycles. The molecule has 0 unspecified atom stereocenters. The molecule has 168 valence electrons. The number of aromatic nitrogens is 3.